The smallest absolute Gasteiger partial charge is 0.118 e. The summed E-state index contributed by atoms with van der Waals surface area (Å²) in [5, 5.41) is 0. The summed E-state index contributed by atoms with van der Waals surface area (Å²) in [6.45, 7) is 0. The molecule has 0 aromatic heterocycles. The van der Waals surface area contributed by atoms with Crippen LogP contribution in [-0.4, -0.2) is 24.6 Å². The summed E-state index contributed by atoms with van der Waals surface area (Å²) in [7, 11) is 3.54. The first-order valence-corrected chi connectivity index (χ1v) is 7.41. The standard InChI is InChI=1S/C15H21BrO2/c1-17-14-6-4-12(5-7-14)10-13(16)11-15(18-2)8-3-9-15/h4-7,13H,3,8-11H2,1-2H3. The lowest BCUT2D eigenvalue weighted by molar-refractivity contribution is -0.0770. The fourth-order valence-corrected chi connectivity index (χ4v) is 3.52. The summed E-state index contributed by atoms with van der Waals surface area (Å²) >= 11 is 3.79. The Morgan fingerprint density at radius 2 is 1.89 bits per heavy atom. The van der Waals surface area contributed by atoms with E-state index >= 15 is 0 Å². The van der Waals surface area contributed by atoms with Crippen LogP contribution >= 0.6 is 15.9 Å². The van der Waals surface area contributed by atoms with Crippen LogP contribution in [0, 0.1) is 0 Å². The van der Waals surface area contributed by atoms with Crippen molar-refractivity contribution in [3.8, 4) is 5.75 Å². The van der Waals surface area contributed by atoms with Crippen LogP contribution in [0.25, 0.3) is 0 Å². The molecule has 0 saturated heterocycles. The number of hydrogen-bond donors (Lipinski definition) is 0. The second-order valence-electron chi connectivity index (χ2n) is 5.09. The van der Waals surface area contributed by atoms with Gasteiger partial charge in [-0.15, -0.1) is 0 Å². The molecule has 2 rings (SSSR count). The normalized spacial score (nSPS) is 19.1. The molecule has 100 valence electrons. The zero-order chi connectivity index (χ0) is 13.0. The maximum Gasteiger partial charge on any atom is 0.118 e. The molecule has 0 N–H and O–H groups in total. The van der Waals surface area contributed by atoms with E-state index in [9.17, 15) is 0 Å². The molecule has 2 nitrogen and oxygen atoms in total. The molecule has 1 fully saturated rings. The Balaban J connectivity index is 1.88. The van der Waals surface area contributed by atoms with Crippen LogP contribution in [0.2, 0.25) is 0 Å². The van der Waals surface area contributed by atoms with Crippen molar-refractivity contribution in [1.82, 2.24) is 0 Å². The predicted octanol–water partition coefficient (Wildman–Crippen LogP) is 3.96. The molecular formula is C15H21BrO2. The summed E-state index contributed by atoms with van der Waals surface area (Å²) in [6.07, 6.45) is 5.84. The van der Waals surface area contributed by atoms with Crippen molar-refractivity contribution in [2.75, 3.05) is 14.2 Å². The SMILES string of the molecule is COc1ccc(CC(Br)CC2(OC)CCC2)cc1. The molecule has 0 heterocycles. The molecule has 0 radical (unpaired) electrons. The molecule has 0 amide bonds. The number of hydrogen-bond acceptors (Lipinski definition) is 2. The molecule has 3 heteroatoms. The van der Waals surface area contributed by atoms with E-state index in [0.29, 0.717) is 4.83 Å². The van der Waals surface area contributed by atoms with Crippen molar-refractivity contribution in [1.29, 1.82) is 0 Å². The molecule has 1 aromatic carbocycles. The van der Waals surface area contributed by atoms with Gasteiger partial charge in [0.2, 0.25) is 0 Å². The number of rotatable bonds is 6. The van der Waals surface area contributed by atoms with Gasteiger partial charge in [0.15, 0.2) is 0 Å². The average molecular weight is 313 g/mol. The number of ether oxygens (including phenoxy) is 2. The maximum atomic E-state index is 5.67. The van der Waals surface area contributed by atoms with Crippen LogP contribution in [-0.2, 0) is 11.2 Å². The molecule has 1 aliphatic rings. The zero-order valence-corrected chi connectivity index (χ0v) is 12.7. The minimum Gasteiger partial charge on any atom is -0.497 e. The van der Waals surface area contributed by atoms with Gasteiger partial charge in [-0.2, -0.15) is 0 Å². The predicted molar refractivity (Wildman–Crippen MR) is 77.6 cm³/mol. The summed E-state index contributed by atoms with van der Waals surface area (Å²) in [4.78, 5) is 0.478. The molecule has 1 aliphatic carbocycles. The van der Waals surface area contributed by atoms with E-state index in [1.165, 1.54) is 24.8 Å². The van der Waals surface area contributed by atoms with Crippen molar-refractivity contribution in [2.24, 2.45) is 0 Å². The van der Waals surface area contributed by atoms with Gasteiger partial charge >= 0.3 is 0 Å². The van der Waals surface area contributed by atoms with Crippen LogP contribution in [0.3, 0.4) is 0 Å². The Morgan fingerprint density at radius 3 is 2.33 bits per heavy atom. The van der Waals surface area contributed by atoms with Gasteiger partial charge in [-0.25, -0.2) is 0 Å². The van der Waals surface area contributed by atoms with Gasteiger partial charge < -0.3 is 9.47 Å². The Kier molecular flexibility index (Phi) is 4.68. The van der Waals surface area contributed by atoms with Gasteiger partial charge in [0.05, 0.1) is 12.7 Å². The number of alkyl halides is 1. The highest BCUT2D eigenvalue weighted by Gasteiger charge is 2.38. The molecule has 1 saturated carbocycles. The second kappa shape index (κ2) is 6.07. The number of methoxy groups -OCH3 is 2. The largest absolute Gasteiger partial charge is 0.497 e. The van der Waals surface area contributed by atoms with Crippen molar-refractivity contribution >= 4 is 15.9 Å². The quantitative estimate of drug-likeness (QED) is 0.740. The van der Waals surface area contributed by atoms with Crippen LogP contribution in [0.15, 0.2) is 24.3 Å². The lowest BCUT2D eigenvalue weighted by Crippen LogP contribution is -2.41. The van der Waals surface area contributed by atoms with Crippen molar-refractivity contribution in [3.05, 3.63) is 29.8 Å². The lowest BCUT2D eigenvalue weighted by atomic mass is 9.76. The van der Waals surface area contributed by atoms with E-state index in [1.54, 1.807) is 7.11 Å². The first kappa shape index (κ1) is 13.9. The fourth-order valence-electron chi connectivity index (χ4n) is 2.56. The highest BCUT2D eigenvalue weighted by molar-refractivity contribution is 9.09. The van der Waals surface area contributed by atoms with Gasteiger partial charge in [-0.3, -0.25) is 0 Å². The molecule has 0 spiro atoms. The second-order valence-corrected chi connectivity index (χ2v) is 6.39. The molecule has 0 aliphatic heterocycles. The lowest BCUT2D eigenvalue weighted by Gasteiger charge is -2.42. The Labute approximate surface area is 118 Å². The van der Waals surface area contributed by atoms with E-state index in [2.05, 4.69) is 28.1 Å². The molecule has 0 bridgehead atoms. The molecular weight excluding hydrogens is 292 g/mol. The van der Waals surface area contributed by atoms with Crippen molar-refractivity contribution in [2.45, 2.75) is 42.5 Å². The topological polar surface area (TPSA) is 18.5 Å². The Hall–Kier alpha value is -0.540. The molecule has 18 heavy (non-hydrogen) atoms. The summed E-state index contributed by atoms with van der Waals surface area (Å²) in [5.74, 6) is 0.914. The Morgan fingerprint density at radius 1 is 1.22 bits per heavy atom. The third-order valence-electron chi connectivity index (χ3n) is 3.91. The third-order valence-corrected chi connectivity index (χ3v) is 4.56. The van der Waals surface area contributed by atoms with Gasteiger partial charge in [0.25, 0.3) is 0 Å². The van der Waals surface area contributed by atoms with Gasteiger partial charge in [-0.1, -0.05) is 28.1 Å². The zero-order valence-electron chi connectivity index (χ0n) is 11.1. The summed E-state index contributed by atoms with van der Waals surface area (Å²) in [5.41, 5.74) is 1.48. The molecule has 1 aromatic rings. The van der Waals surface area contributed by atoms with E-state index in [0.717, 1.165) is 18.6 Å². The van der Waals surface area contributed by atoms with Crippen molar-refractivity contribution in [3.63, 3.8) is 0 Å². The highest BCUT2D eigenvalue weighted by atomic mass is 79.9. The first-order valence-electron chi connectivity index (χ1n) is 6.50. The number of halogens is 1. The van der Waals surface area contributed by atoms with E-state index in [4.69, 9.17) is 9.47 Å². The molecule has 1 unspecified atom stereocenters. The minimum absolute atomic E-state index is 0.140. The van der Waals surface area contributed by atoms with Gasteiger partial charge in [0, 0.05) is 11.9 Å². The molecule has 1 atom stereocenters. The monoisotopic (exact) mass is 312 g/mol. The van der Waals surface area contributed by atoms with Crippen molar-refractivity contribution < 1.29 is 9.47 Å². The van der Waals surface area contributed by atoms with Crippen LogP contribution in [0.4, 0.5) is 0 Å². The van der Waals surface area contributed by atoms with E-state index in [-0.39, 0.29) is 5.60 Å². The Bertz CT molecular complexity index is 365. The third kappa shape index (κ3) is 3.27. The highest BCUT2D eigenvalue weighted by Crippen LogP contribution is 2.40. The first-order chi connectivity index (χ1) is 8.67. The number of benzene rings is 1. The van der Waals surface area contributed by atoms with Gasteiger partial charge in [-0.05, 0) is 49.8 Å². The average Bonchev–Trinajstić information content (AvgIpc) is 2.35. The maximum absolute atomic E-state index is 5.67. The van der Waals surface area contributed by atoms with Crippen LogP contribution in [0.1, 0.15) is 31.2 Å². The van der Waals surface area contributed by atoms with Crippen LogP contribution in [0.5, 0.6) is 5.75 Å². The van der Waals surface area contributed by atoms with E-state index in [1.807, 2.05) is 19.2 Å². The van der Waals surface area contributed by atoms with Gasteiger partial charge in [0.1, 0.15) is 5.75 Å². The fraction of sp³-hybridized carbons (Fsp3) is 0.600. The van der Waals surface area contributed by atoms with Crippen LogP contribution < -0.4 is 4.74 Å². The minimum atomic E-state index is 0.140. The summed E-state index contributed by atoms with van der Waals surface area (Å²) < 4.78 is 10.8. The summed E-state index contributed by atoms with van der Waals surface area (Å²) in [6, 6.07) is 8.30. The van der Waals surface area contributed by atoms with E-state index < -0.39 is 0 Å².